The summed E-state index contributed by atoms with van der Waals surface area (Å²) in [5, 5.41) is 4.09. The molecule has 4 heteroatoms. The number of hydrogen-bond donors (Lipinski definition) is 1. The number of nitrogens with zero attached hydrogens (tertiary/aromatic N) is 1. The van der Waals surface area contributed by atoms with Gasteiger partial charge in [0.25, 0.3) is 0 Å². The van der Waals surface area contributed by atoms with Gasteiger partial charge in [-0.05, 0) is 31.2 Å². The molecule has 0 unspecified atom stereocenters. The van der Waals surface area contributed by atoms with Gasteiger partial charge in [0.15, 0.2) is 0 Å². The van der Waals surface area contributed by atoms with E-state index in [1.807, 2.05) is 24.3 Å². The normalized spacial score (nSPS) is 18.9. The molecule has 1 N–H and O–H groups in total. The average Bonchev–Trinajstić information content (AvgIpc) is 2.33. The van der Waals surface area contributed by atoms with Gasteiger partial charge in [-0.3, -0.25) is 4.90 Å². The van der Waals surface area contributed by atoms with Crippen LogP contribution in [-0.2, 0) is 0 Å². The van der Waals surface area contributed by atoms with Crippen molar-refractivity contribution in [2.75, 3.05) is 32.7 Å². The highest BCUT2D eigenvalue weighted by atomic mass is 35.5. The first-order chi connectivity index (χ1) is 8.24. The van der Waals surface area contributed by atoms with Crippen molar-refractivity contribution in [1.29, 1.82) is 0 Å². The van der Waals surface area contributed by atoms with Gasteiger partial charge in [-0.25, -0.2) is 0 Å². The van der Waals surface area contributed by atoms with E-state index in [9.17, 15) is 0 Å². The third-order valence-electron chi connectivity index (χ3n) is 2.88. The van der Waals surface area contributed by atoms with E-state index in [0.29, 0.717) is 0 Å². The summed E-state index contributed by atoms with van der Waals surface area (Å²) >= 11 is 5.83. The maximum atomic E-state index is 5.85. The Kier molecular flexibility index (Phi) is 4.66. The van der Waals surface area contributed by atoms with Gasteiger partial charge in [-0.2, -0.15) is 0 Å². The fourth-order valence-electron chi connectivity index (χ4n) is 2.04. The Hall–Kier alpha value is -0.770. The van der Waals surface area contributed by atoms with E-state index in [2.05, 4.69) is 17.1 Å². The van der Waals surface area contributed by atoms with E-state index in [1.54, 1.807) is 0 Å². The van der Waals surface area contributed by atoms with Gasteiger partial charge in [0.05, 0.1) is 0 Å². The smallest absolute Gasteiger partial charge is 0.119 e. The van der Waals surface area contributed by atoms with Crippen LogP contribution in [-0.4, -0.2) is 43.7 Å². The standard InChI is InChI=1S/C13H19ClN2O/c1-11(10-16-8-6-15-7-9-16)17-13-4-2-12(14)3-5-13/h2-5,11,15H,6-10H2,1H3/t11-/m0/s1. The summed E-state index contributed by atoms with van der Waals surface area (Å²) < 4.78 is 5.85. The summed E-state index contributed by atoms with van der Waals surface area (Å²) in [6, 6.07) is 7.54. The van der Waals surface area contributed by atoms with Gasteiger partial charge in [0.2, 0.25) is 0 Å². The number of ether oxygens (including phenoxy) is 1. The van der Waals surface area contributed by atoms with Crippen LogP contribution >= 0.6 is 11.6 Å². The fourth-order valence-corrected chi connectivity index (χ4v) is 2.17. The van der Waals surface area contributed by atoms with Crippen molar-refractivity contribution in [2.24, 2.45) is 0 Å². The molecule has 0 bridgehead atoms. The summed E-state index contributed by atoms with van der Waals surface area (Å²) in [5.74, 6) is 0.886. The number of hydrogen-bond acceptors (Lipinski definition) is 3. The summed E-state index contributed by atoms with van der Waals surface area (Å²) in [6.45, 7) is 7.45. The Morgan fingerprint density at radius 3 is 2.59 bits per heavy atom. The zero-order valence-corrected chi connectivity index (χ0v) is 10.9. The minimum atomic E-state index is 0.203. The van der Waals surface area contributed by atoms with Crippen LogP contribution in [0.1, 0.15) is 6.92 Å². The lowest BCUT2D eigenvalue weighted by molar-refractivity contribution is 0.135. The van der Waals surface area contributed by atoms with E-state index in [0.717, 1.165) is 43.5 Å². The number of rotatable bonds is 4. The minimum Gasteiger partial charge on any atom is -0.489 e. The Morgan fingerprint density at radius 1 is 1.29 bits per heavy atom. The molecule has 1 aliphatic heterocycles. The molecule has 2 rings (SSSR count). The Bertz CT molecular complexity index is 336. The molecule has 3 nitrogen and oxygen atoms in total. The van der Waals surface area contributed by atoms with Gasteiger partial charge in [0.1, 0.15) is 11.9 Å². The second-order valence-electron chi connectivity index (χ2n) is 4.43. The van der Waals surface area contributed by atoms with Crippen molar-refractivity contribution in [3.63, 3.8) is 0 Å². The molecule has 0 spiro atoms. The van der Waals surface area contributed by atoms with Crippen LogP contribution in [0.2, 0.25) is 5.02 Å². The van der Waals surface area contributed by atoms with Crippen LogP contribution in [0.5, 0.6) is 5.75 Å². The topological polar surface area (TPSA) is 24.5 Å². The molecule has 1 heterocycles. The number of benzene rings is 1. The first-order valence-electron chi connectivity index (χ1n) is 6.09. The summed E-state index contributed by atoms with van der Waals surface area (Å²) in [7, 11) is 0. The van der Waals surface area contributed by atoms with Gasteiger partial charge >= 0.3 is 0 Å². The summed E-state index contributed by atoms with van der Waals surface area (Å²) in [4.78, 5) is 2.43. The molecule has 1 atom stereocenters. The molecule has 1 fully saturated rings. The van der Waals surface area contributed by atoms with Crippen molar-refractivity contribution in [2.45, 2.75) is 13.0 Å². The fraction of sp³-hybridized carbons (Fsp3) is 0.538. The van der Waals surface area contributed by atoms with Gasteiger partial charge in [0, 0.05) is 37.7 Å². The van der Waals surface area contributed by atoms with E-state index in [1.165, 1.54) is 0 Å². The van der Waals surface area contributed by atoms with Crippen molar-refractivity contribution < 1.29 is 4.74 Å². The third-order valence-corrected chi connectivity index (χ3v) is 3.13. The first kappa shape index (κ1) is 12.7. The predicted octanol–water partition coefficient (Wildman–Crippen LogP) is 2.01. The average molecular weight is 255 g/mol. The Morgan fingerprint density at radius 2 is 1.94 bits per heavy atom. The second kappa shape index (κ2) is 6.24. The zero-order chi connectivity index (χ0) is 12.1. The summed E-state index contributed by atoms with van der Waals surface area (Å²) in [5.41, 5.74) is 0. The van der Waals surface area contributed by atoms with Gasteiger partial charge < -0.3 is 10.1 Å². The third kappa shape index (κ3) is 4.19. The molecular formula is C13H19ClN2O. The quantitative estimate of drug-likeness (QED) is 0.890. The molecule has 1 saturated heterocycles. The molecule has 17 heavy (non-hydrogen) atoms. The zero-order valence-electron chi connectivity index (χ0n) is 10.2. The van der Waals surface area contributed by atoms with Crippen LogP contribution in [0, 0.1) is 0 Å². The number of piperazine rings is 1. The first-order valence-corrected chi connectivity index (χ1v) is 6.47. The minimum absolute atomic E-state index is 0.203. The second-order valence-corrected chi connectivity index (χ2v) is 4.87. The highest BCUT2D eigenvalue weighted by molar-refractivity contribution is 6.30. The molecular weight excluding hydrogens is 236 g/mol. The summed E-state index contributed by atoms with van der Waals surface area (Å²) in [6.07, 6.45) is 0.203. The number of nitrogens with one attached hydrogen (secondary N) is 1. The van der Waals surface area contributed by atoms with Gasteiger partial charge in [-0.1, -0.05) is 11.6 Å². The maximum absolute atomic E-state index is 5.85. The van der Waals surface area contributed by atoms with E-state index in [4.69, 9.17) is 16.3 Å². The largest absolute Gasteiger partial charge is 0.489 e. The molecule has 1 aliphatic rings. The van der Waals surface area contributed by atoms with Crippen LogP contribution < -0.4 is 10.1 Å². The van der Waals surface area contributed by atoms with Crippen molar-refractivity contribution in [3.8, 4) is 5.75 Å². The van der Waals surface area contributed by atoms with Crippen LogP contribution in [0.15, 0.2) is 24.3 Å². The maximum Gasteiger partial charge on any atom is 0.119 e. The lowest BCUT2D eigenvalue weighted by atomic mass is 10.3. The molecule has 0 radical (unpaired) electrons. The Balaban J connectivity index is 1.79. The highest BCUT2D eigenvalue weighted by Gasteiger charge is 2.13. The van der Waals surface area contributed by atoms with Crippen molar-refractivity contribution >= 4 is 11.6 Å². The number of halogens is 1. The van der Waals surface area contributed by atoms with Gasteiger partial charge in [-0.15, -0.1) is 0 Å². The lowest BCUT2D eigenvalue weighted by Crippen LogP contribution is -2.46. The van der Waals surface area contributed by atoms with E-state index < -0.39 is 0 Å². The molecule has 94 valence electrons. The highest BCUT2D eigenvalue weighted by Crippen LogP contribution is 2.17. The molecule has 0 saturated carbocycles. The lowest BCUT2D eigenvalue weighted by Gasteiger charge is -2.29. The van der Waals surface area contributed by atoms with E-state index >= 15 is 0 Å². The van der Waals surface area contributed by atoms with Crippen LogP contribution in [0.3, 0.4) is 0 Å². The molecule has 0 aromatic heterocycles. The van der Waals surface area contributed by atoms with Crippen LogP contribution in [0.25, 0.3) is 0 Å². The molecule has 0 amide bonds. The predicted molar refractivity (Wildman–Crippen MR) is 70.9 cm³/mol. The molecule has 1 aromatic rings. The molecule has 1 aromatic carbocycles. The SMILES string of the molecule is C[C@@H](CN1CCNCC1)Oc1ccc(Cl)cc1. The Labute approximate surface area is 108 Å². The molecule has 0 aliphatic carbocycles. The van der Waals surface area contributed by atoms with Crippen molar-refractivity contribution in [3.05, 3.63) is 29.3 Å². The van der Waals surface area contributed by atoms with Crippen LogP contribution in [0.4, 0.5) is 0 Å². The monoisotopic (exact) mass is 254 g/mol. The van der Waals surface area contributed by atoms with Crippen molar-refractivity contribution in [1.82, 2.24) is 10.2 Å². The van der Waals surface area contributed by atoms with E-state index in [-0.39, 0.29) is 6.10 Å².